The average molecular weight is 201 g/mol. The van der Waals surface area contributed by atoms with Gasteiger partial charge in [-0.2, -0.15) is 0 Å². The predicted octanol–water partition coefficient (Wildman–Crippen LogP) is 1.74. The zero-order valence-corrected chi connectivity index (χ0v) is 7.53. The van der Waals surface area contributed by atoms with Crippen molar-refractivity contribution in [2.75, 3.05) is 11.6 Å². The van der Waals surface area contributed by atoms with Gasteiger partial charge in [-0.15, -0.1) is 0 Å². The lowest BCUT2D eigenvalue weighted by Crippen LogP contribution is -2.34. The van der Waals surface area contributed by atoms with Crippen molar-refractivity contribution >= 4 is 23.4 Å². The fourth-order valence-electron chi connectivity index (χ4n) is 0.915. The Labute approximate surface area is 80.5 Å². The first kappa shape index (κ1) is 9.83. The molecule has 0 saturated carbocycles. The fourth-order valence-corrected chi connectivity index (χ4v) is 1.04. The zero-order chi connectivity index (χ0) is 9.84. The minimum atomic E-state index is -1.08. The molecule has 0 radical (unpaired) electrons. The number of nitrogens with zero attached hydrogens (tertiary/aromatic N) is 1. The molecule has 0 atom stereocenters. The van der Waals surface area contributed by atoms with Gasteiger partial charge >= 0.3 is 6.09 Å². The zero-order valence-electron chi connectivity index (χ0n) is 6.77. The molecule has 0 aromatic heterocycles. The molecule has 0 fully saturated rings. The molecular formula is C8H9ClN2O2. The summed E-state index contributed by atoms with van der Waals surface area (Å²) in [7, 11) is 0. The van der Waals surface area contributed by atoms with Crippen LogP contribution in [0.5, 0.6) is 0 Å². The van der Waals surface area contributed by atoms with E-state index in [1.165, 1.54) is 0 Å². The van der Waals surface area contributed by atoms with Crippen LogP contribution in [0.25, 0.3) is 0 Å². The first-order valence-corrected chi connectivity index (χ1v) is 3.99. The number of nitrogens with two attached hydrogens (primary N) is 1. The lowest BCUT2D eigenvalue weighted by Gasteiger charge is -2.16. The van der Waals surface area contributed by atoms with Crippen molar-refractivity contribution < 1.29 is 9.90 Å². The van der Waals surface area contributed by atoms with Gasteiger partial charge in [-0.25, -0.2) is 4.79 Å². The van der Waals surface area contributed by atoms with Crippen molar-refractivity contribution in [1.82, 2.24) is 0 Å². The van der Waals surface area contributed by atoms with Crippen LogP contribution < -0.4 is 10.6 Å². The molecule has 4 nitrogen and oxygen atoms in total. The molecule has 0 aliphatic rings. The van der Waals surface area contributed by atoms with E-state index in [-0.39, 0.29) is 6.67 Å². The summed E-state index contributed by atoms with van der Waals surface area (Å²) >= 11 is 5.64. The summed E-state index contributed by atoms with van der Waals surface area (Å²) < 4.78 is 0. The van der Waals surface area contributed by atoms with E-state index in [0.717, 1.165) is 4.90 Å². The van der Waals surface area contributed by atoms with Gasteiger partial charge in [0.1, 0.15) is 0 Å². The highest BCUT2D eigenvalue weighted by molar-refractivity contribution is 6.30. The van der Waals surface area contributed by atoms with Crippen molar-refractivity contribution in [3.05, 3.63) is 29.3 Å². The standard InChI is InChI=1S/C8H9ClN2O2/c9-6-1-3-7(4-2-6)11(5-10)8(12)13/h1-4H,5,10H2,(H,12,13). The van der Waals surface area contributed by atoms with Gasteiger partial charge in [-0.05, 0) is 24.3 Å². The molecule has 0 spiro atoms. The minimum Gasteiger partial charge on any atom is -0.465 e. The van der Waals surface area contributed by atoms with Gasteiger partial charge < -0.3 is 10.8 Å². The largest absolute Gasteiger partial charge is 0.465 e. The third-order valence-corrected chi connectivity index (χ3v) is 1.80. The van der Waals surface area contributed by atoms with Gasteiger partial charge in [0.2, 0.25) is 0 Å². The molecule has 0 aliphatic carbocycles. The van der Waals surface area contributed by atoms with Crippen molar-refractivity contribution in [3.8, 4) is 0 Å². The maximum atomic E-state index is 10.6. The molecular weight excluding hydrogens is 192 g/mol. The number of carbonyl (C=O) groups is 1. The van der Waals surface area contributed by atoms with Gasteiger partial charge in [0.05, 0.1) is 6.67 Å². The molecule has 0 unspecified atom stereocenters. The number of anilines is 1. The predicted molar refractivity (Wildman–Crippen MR) is 51.0 cm³/mol. The maximum Gasteiger partial charge on any atom is 0.412 e. The first-order valence-electron chi connectivity index (χ1n) is 3.61. The average Bonchev–Trinajstić information content (AvgIpc) is 2.09. The molecule has 13 heavy (non-hydrogen) atoms. The monoisotopic (exact) mass is 200 g/mol. The van der Waals surface area contributed by atoms with Crippen LogP contribution in [0.3, 0.4) is 0 Å². The minimum absolute atomic E-state index is 0.0725. The third kappa shape index (κ3) is 2.34. The number of carboxylic acid groups (broad SMARTS) is 1. The number of halogens is 1. The van der Waals surface area contributed by atoms with Crippen LogP contribution in [0.2, 0.25) is 5.02 Å². The second-order valence-corrected chi connectivity index (χ2v) is 2.81. The van der Waals surface area contributed by atoms with Crippen LogP contribution in [-0.4, -0.2) is 17.9 Å². The molecule has 0 saturated heterocycles. The van der Waals surface area contributed by atoms with E-state index < -0.39 is 6.09 Å². The van der Waals surface area contributed by atoms with E-state index in [9.17, 15) is 4.79 Å². The first-order chi connectivity index (χ1) is 6.15. The van der Waals surface area contributed by atoms with Gasteiger partial charge in [-0.1, -0.05) is 11.6 Å². The van der Waals surface area contributed by atoms with Crippen LogP contribution in [0.1, 0.15) is 0 Å². The Morgan fingerprint density at radius 1 is 1.46 bits per heavy atom. The van der Waals surface area contributed by atoms with Gasteiger partial charge in [0.25, 0.3) is 0 Å². The molecule has 70 valence electrons. The second kappa shape index (κ2) is 4.11. The lowest BCUT2D eigenvalue weighted by atomic mass is 10.3. The summed E-state index contributed by atoms with van der Waals surface area (Å²) in [5.41, 5.74) is 5.77. The molecule has 0 bridgehead atoms. The number of hydrogen-bond acceptors (Lipinski definition) is 2. The molecule has 0 heterocycles. The van der Waals surface area contributed by atoms with Crippen molar-refractivity contribution in [2.45, 2.75) is 0 Å². The number of benzene rings is 1. The molecule has 1 rings (SSSR count). The summed E-state index contributed by atoms with van der Waals surface area (Å²) in [5.74, 6) is 0. The van der Waals surface area contributed by atoms with E-state index in [4.69, 9.17) is 22.4 Å². The summed E-state index contributed by atoms with van der Waals surface area (Å²) in [4.78, 5) is 11.7. The van der Waals surface area contributed by atoms with Crippen LogP contribution in [-0.2, 0) is 0 Å². The Morgan fingerprint density at radius 2 is 2.00 bits per heavy atom. The normalized spacial score (nSPS) is 9.69. The van der Waals surface area contributed by atoms with Crippen molar-refractivity contribution in [1.29, 1.82) is 0 Å². The Kier molecular flexibility index (Phi) is 3.11. The van der Waals surface area contributed by atoms with Crippen LogP contribution >= 0.6 is 11.6 Å². The topological polar surface area (TPSA) is 66.6 Å². The number of amides is 1. The fraction of sp³-hybridized carbons (Fsp3) is 0.125. The highest BCUT2D eigenvalue weighted by Crippen LogP contribution is 2.17. The highest BCUT2D eigenvalue weighted by atomic mass is 35.5. The van der Waals surface area contributed by atoms with E-state index >= 15 is 0 Å². The molecule has 5 heteroatoms. The summed E-state index contributed by atoms with van der Waals surface area (Å²) in [6.45, 7) is -0.0725. The summed E-state index contributed by atoms with van der Waals surface area (Å²) in [6.07, 6.45) is -1.08. The van der Waals surface area contributed by atoms with E-state index in [0.29, 0.717) is 10.7 Å². The number of rotatable bonds is 2. The van der Waals surface area contributed by atoms with Crippen molar-refractivity contribution in [2.24, 2.45) is 5.73 Å². The highest BCUT2D eigenvalue weighted by Gasteiger charge is 2.10. The smallest absolute Gasteiger partial charge is 0.412 e. The Morgan fingerprint density at radius 3 is 2.38 bits per heavy atom. The maximum absolute atomic E-state index is 10.6. The molecule has 1 aromatic rings. The summed E-state index contributed by atoms with van der Waals surface area (Å²) in [5, 5.41) is 9.27. The lowest BCUT2D eigenvalue weighted by molar-refractivity contribution is 0.202. The van der Waals surface area contributed by atoms with E-state index in [1.807, 2.05) is 0 Å². The van der Waals surface area contributed by atoms with E-state index in [1.54, 1.807) is 24.3 Å². The Balaban J connectivity index is 2.92. The molecule has 1 amide bonds. The number of hydrogen-bond donors (Lipinski definition) is 2. The van der Waals surface area contributed by atoms with Crippen molar-refractivity contribution in [3.63, 3.8) is 0 Å². The van der Waals surface area contributed by atoms with Gasteiger partial charge in [0, 0.05) is 10.7 Å². The second-order valence-electron chi connectivity index (χ2n) is 2.37. The van der Waals surface area contributed by atoms with Crippen LogP contribution in [0.4, 0.5) is 10.5 Å². The van der Waals surface area contributed by atoms with E-state index in [2.05, 4.69) is 0 Å². The summed E-state index contributed by atoms with van der Waals surface area (Å²) in [6, 6.07) is 6.43. The molecule has 3 N–H and O–H groups in total. The molecule has 0 aliphatic heterocycles. The van der Waals surface area contributed by atoms with Crippen LogP contribution in [0.15, 0.2) is 24.3 Å². The SMILES string of the molecule is NCN(C(=O)O)c1ccc(Cl)cc1. The van der Waals surface area contributed by atoms with Gasteiger partial charge in [-0.3, -0.25) is 4.90 Å². The van der Waals surface area contributed by atoms with Gasteiger partial charge in [0.15, 0.2) is 0 Å². The quantitative estimate of drug-likeness (QED) is 0.715. The molecule has 1 aromatic carbocycles. The van der Waals surface area contributed by atoms with Crippen LogP contribution in [0, 0.1) is 0 Å². The third-order valence-electron chi connectivity index (χ3n) is 1.55. The Hall–Kier alpha value is -1.26. The Bertz CT molecular complexity index is 300.